The van der Waals surface area contributed by atoms with Gasteiger partial charge in [-0.15, -0.1) is 0 Å². The molecule has 3 heterocycles. The van der Waals surface area contributed by atoms with Crippen LogP contribution in [0.4, 0.5) is 0 Å². The molecule has 1 aromatic heterocycles. The molecule has 2 saturated heterocycles. The third-order valence-corrected chi connectivity index (χ3v) is 5.53. The first kappa shape index (κ1) is 13.8. The molecule has 6 heteroatoms. The maximum Gasteiger partial charge on any atom is 0.289 e. The average molecular weight is 304 g/mol. The Labute approximate surface area is 128 Å². The Kier molecular flexibility index (Phi) is 3.04. The number of fused-ring (bicyclic) bond motifs is 2. The van der Waals surface area contributed by atoms with Gasteiger partial charge < -0.3 is 19.8 Å². The van der Waals surface area contributed by atoms with Crippen LogP contribution in [0.3, 0.4) is 0 Å². The first-order valence-corrected chi connectivity index (χ1v) is 7.88. The number of amides is 2. The van der Waals surface area contributed by atoms with Crippen LogP contribution < -0.4 is 5.73 Å². The number of primary amides is 1. The van der Waals surface area contributed by atoms with Gasteiger partial charge >= 0.3 is 0 Å². The van der Waals surface area contributed by atoms with E-state index in [4.69, 9.17) is 14.9 Å². The number of rotatable bonds is 2. The Morgan fingerprint density at radius 2 is 2.23 bits per heavy atom. The van der Waals surface area contributed by atoms with Crippen LogP contribution in [0.2, 0.25) is 0 Å². The minimum atomic E-state index is -0.635. The van der Waals surface area contributed by atoms with Crippen molar-refractivity contribution in [3.8, 4) is 0 Å². The Hall–Kier alpha value is -1.82. The predicted molar refractivity (Wildman–Crippen MR) is 77.2 cm³/mol. The molecular formula is C16H20N2O4. The van der Waals surface area contributed by atoms with Crippen molar-refractivity contribution in [3.63, 3.8) is 0 Å². The number of aryl methyl sites for hydroxylation is 1. The van der Waals surface area contributed by atoms with Crippen molar-refractivity contribution in [2.45, 2.75) is 25.7 Å². The van der Waals surface area contributed by atoms with Crippen LogP contribution in [0, 0.1) is 11.3 Å². The summed E-state index contributed by atoms with van der Waals surface area (Å²) < 4.78 is 11.0. The topological polar surface area (TPSA) is 85.8 Å². The Morgan fingerprint density at radius 3 is 3.00 bits per heavy atom. The molecule has 2 aliphatic heterocycles. The maximum atomic E-state index is 12.8. The molecule has 22 heavy (non-hydrogen) atoms. The number of carbonyl (C=O) groups is 2. The molecule has 0 radical (unpaired) electrons. The molecule has 2 fully saturated rings. The zero-order valence-corrected chi connectivity index (χ0v) is 12.5. The zero-order chi connectivity index (χ0) is 15.3. The van der Waals surface area contributed by atoms with Crippen LogP contribution in [0.15, 0.2) is 10.7 Å². The molecule has 2 amide bonds. The van der Waals surface area contributed by atoms with Crippen molar-refractivity contribution in [3.05, 3.63) is 23.2 Å². The number of hydrogen-bond acceptors (Lipinski definition) is 4. The molecule has 1 aliphatic carbocycles. The Morgan fingerprint density at radius 1 is 1.36 bits per heavy atom. The molecule has 0 spiro atoms. The second-order valence-corrected chi connectivity index (χ2v) is 6.65. The van der Waals surface area contributed by atoms with Crippen molar-refractivity contribution in [1.29, 1.82) is 0 Å². The fourth-order valence-electron chi connectivity index (χ4n) is 4.19. The first-order valence-electron chi connectivity index (χ1n) is 7.88. The van der Waals surface area contributed by atoms with Gasteiger partial charge in [0, 0.05) is 31.2 Å². The van der Waals surface area contributed by atoms with E-state index in [0.717, 1.165) is 30.4 Å². The molecule has 6 nitrogen and oxygen atoms in total. The summed E-state index contributed by atoms with van der Waals surface area (Å²) >= 11 is 0. The monoisotopic (exact) mass is 304 g/mol. The van der Waals surface area contributed by atoms with Crippen LogP contribution in [-0.4, -0.2) is 43.0 Å². The van der Waals surface area contributed by atoms with Gasteiger partial charge in [0.1, 0.15) is 0 Å². The second kappa shape index (κ2) is 4.84. The van der Waals surface area contributed by atoms with Gasteiger partial charge in [-0.05, 0) is 31.2 Å². The van der Waals surface area contributed by atoms with Crippen LogP contribution in [0.5, 0.6) is 0 Å². The van der Waals surface area contributed by atoms with E-state index in [1.165, 1.54) is 0 Å². The largest absolute Gasteiger partial charge is 0.459 e. The van der Waals surface area contributed by atoms with E-state index in [0.29, 0.717) is 38.5 Å². The number of hydrogen-bond donors (Lipinski definition) is 1. The van der Waals surface area contributed by atoms with Gasteiger partial charge in [-0.3, -0.25) is 9.59 Å². The molecule has 2 atom stereocenters. The second-order valence-electron chi connectivity index (χ2n) is 6.65. The first-order chi connectivity index (χ1) is 10.6. The summed E-state index contributed by atoms with van der Waals surface area (Å²) in [6, 6.07) is 0. The van der Waals surface area contributed by atoms with Crippen molar-refractivity contribution in [1.82, 2.24) is 4.90 Å². The van der Waals surface area contributed by atoms with E-state index in [2.05, 4.69) is 0 Å². The van der Waals surface area contributed by atoms with E-state index >= 15 is 0 Å². The standard InChI is InChI=1S/C16H20N2O4/c17-15(20)16-4-5-21-8-11(16)6-18(9-16)14(19)13-12-3-1-2-10(12)7-22-13/h7,11H,1-6,8-9H2,(H2,17,20)/t11-,16+/m1/s1. The van der Waals surface area contributed by atoms with Crippen molar-refractivity contribution >= 4 is 11.8 Å². The molecule has 0 unspecified atom stereocenters. The minimum Gasteiger partial charge on any atom is -0.459 e. The van der Waals surface area contributed by atoms with E-state index in [9.17, 15) is 9.59 Å². The van der Waals surface area contributed by atoms with Gasteiger partial charge in [0.25, 0.3) is 5.91 Å². The van der Waals surface area contributed by atoms with E-state index in [1.807, 2.05) is 0 Å². The lowest BCUT2D eigenvalue weighted by molar-refractivity contribution is -0.135. The van der Waals surface area contributed by atoms with E-state index < -0.39 is 5.41 Å². The fourth-order valence-corrected chi connectivity index (χ4v) is 4.19. The van der Waals surface area contributed by atoms with Gasteiger partial charge in [-0.1, -0.05) is 0 Å². The minimum absolute atomic E-state index is 0.00860. The van der Waals surface area contributed by atoms with Crippen LogP contribution in [-0.2, 0) is 22.4 Å². The Bertz CT molecular complexity index is 638. The molecule has 0 bridgehead atoms. The van der Waals surface area contributed by atoms with Crippen LogP contribution in [0.25, 0.3) is 0 Å². The maximum absolute atomic E-state index is 12.8. The summed E-state index contributed by atoms with van der Waals surface area (Å²) in [5.41, 5.74) is 7.22. The average Bonchev–Trinajstić information content (AvgIpc) is 3.19. The van der Waals surface area contributed by atoms with Crippen LogP contribution >= 0.6 is 0 Å². The third-order valence-electron chi connectivity index (χ3n) is 5.53. The van der Waals surface area contributed by atoms with Gasteiger partial charge in [-0.25, -0.2) is 0 Å². The summed E-state index contributed by atoms with van der Waals surface area (Å²) in [5, 5.41) is 0. The van der Waals surface area contributed by atoms with Crippen molar-refractivity contribution < 1.29 is 18.7 Å². The van der Waals surface area contributed by atoms with Gasteiger partial charge in [0.2, 0.25) is 5.91 Å². The van der Waals surface area contributed by atoms with E-state index in [1.54, 1.807) is 11.2 Å². The lowest BCUT2D eigenvalue weighted by Gasteiger charge is -2.34. The summed E-state index contributed by atoms with van der Waals surface area (Å²) in [4.78, 5) is 26.5. The summed E-state index contributed by atoms with van der Waals surface area (Å²) in [7, 11) is 0. The smallest absolute Gasteiger partial charge is 0.289 e. The zero-order valence-electron chi connectivity index (χ0n) is 12.5. The number of likely N-dealkylation sites (tertiary alicyclic amines) is 1. The van der Waals surface area contributed by atoms with Gasteiger partial charge in [0.05, 0.1) is 18.3 Å². The van der Waals surface area contributed by atoms with E-state index in [-0.39, 0.29) is 17.7 Å². The highest BCUT2D eigenvalue weighted by Gasteiger charge is 2.54. The summed E-state index contributed by atoms with van der Waals surface area (Å²) in [6.45, 7) is 1.91. The lowest BCUT2D eigenvalue weighted by atomic mass is 9.74. The number of carbonyl (C=O) groups excluding carboxylic acids is 2. The van der Waals surface area contributed by atoms with Crippen molar-refractivity contribution in [2.24, 2.45) is 17.1 Å². The number of furan rings is 1. The molecule has 0 saturated carbocycles. The lowest BCUT2D eigenvalue weighted by Crippen LogP contribution is -2.48. The molecule has 0 aromatic carbocycles. The highest BCUT2D eigenvalue weighted by atomic mass is 16.5. The summed E-state index contributed by atoms with van der Waals surface area (Å²) in [6.07, 6.45) is 5.24. The van der Waals surface area contributed by atoms with Crippen LogP contribution in [0.1, 0.15) is 34.5 Å². The number of nitrogens with zero attached hydrogens (tertiary/aromatic N) is 1. The quantitative estimate of drug-likeness (QED) is 0.873. The molecular weight excluding hydrogens is 284 g/mol. The molecule has 118 valence electrons. The molecule has 3 aliphatic rings. The Balaban J connectivity index is 1.61. The third kappa shape index (κ3) is 1.83. The van der Waals surface area contributed by atoms with Gasteiger partial charge in [-0.2, -0.15) is 0 Å². The molecule has 4 rings (SSSR count). The predicted octanol–water partition coefficient (Wildman–Crippen LogP) is 0.732. The fraction of sp³-hybridized carbons (Fsp3) is 0.625. The number of ether oxygens (including phenoxy) is 1. The van der Waals surface area contributed by atoms with Crippen molar-refractivity contribution in [2.75, 3.05) is 26.3 Å². The SMILES string of the molecule is NC(=O)[C@]12CCOC[C@H]1CN(C(=O)c1occ3c1CCC3)C2. The van der Waals surface area contributed by atoms with Gasteiger partial charge in [0.15, 0.2) is 5.76 Å². The number of nitrogens with two attached hydrogens (primary N) is 1. The normalized spacial score (nSPS) is 30.2. The highest BCUT2D eigenvalue weighted by molar-refractivity contribution is 5.95. The highest BCUT2D eigenvalue weighted by Crippen LogP contribution is 2.42. The molecule has 2 N–H and O–H groups in total. The molecule has 1 aromatic rings. The summed E-state index contributed by atoms with van der Waals surface area (Å²) in [5.74, 6) is 0.0105.